The minimum absolute atomic E-state index is 0.00697. The molecule has 4 nitrogen and oxygen atoms in total. The van der Waals surface area contributed by atoms with E-state index < -0.39 is 0 Å². The lowest BCUT2D eigenvalue weighted by atomic mass is 9.93. The topological polar surface area (TPSA) is 67.1 Å². The van der Waals surface area contributed by atoms with Gasteiger partial charge in [-0.3, -0.25) is 0 Å². The van der Waals surface area contributed by atoms with Crippen LogP contribution < -0.4 is 16.4 Å². The summed E-state index contributed by atoms with van der Waals surface area (Å²) >= 11 is 0. The third-order valence-electron chi connectivity index (χ3n) is 3.39. The molecule has 1 aliphatic carbocycles. The number of benzene rings is 1. The second-order valence-electron chi connectivity index (χ2n) is 4.87. The highest BCUT2D eigenvalue weighted by atomic mass is 16.2. The molecule has 1 aromatic carbocycles. The molecule has 1 atom stereocenters. The maximum Gasteiger partial charge on any atom is 0.315 e. The molecule has 1 unspecified atom stereocenters. The molecule has 0 aromatic heterocycles. The van der Waals surface area contributed by atoms with E-state index in [1.807, 2.05) is 30.3 Å². The quantitative estimate of drug-likeness (QED) is 0.736. The molecule has 0 aliphatic heterocycles. The van der Waals surface area contributed by atoms with Gasteiger partial charge in [-0.25, -0.2) is 4.79 Å². The molecule has 2 rings (SSSR count). The molecule has 2 amide bonds. The van der Waals surface area contributed by atoms with Crippen molar-refractivity contribution in [3.8, 4) is 0 Å². The summed E-state index contributed by atoms with van der Waals surface area (Å²) in [5.41, 5.74) is 6.90. The molecule has 1 saturated carbocycles. The van der Waals surface area contributed by atoms with Crippen LogP contribution in [0.3, 0.4) is 0 Å². The summed E-state index contributed by atoms with van der Waals surface area (Å²) in [7, 11) is 0. The molecule has 0 spiro atoms. The Kier molecular flexibility index (Phi) is 4.59. The number of urea groups is 1. The monoisotopic (exact) mass is 247 g/mol. The van der Waals surface area contributed by atoms with E-state index in [0.717, 1.165) is 19.3 Å². The zero-order valence-corrected chi connectivity index (χ0v) is 10.6. The second kappa shape index (κ2) is 6.40. The lowest BCUT2D eigenvalue weighted by Gasteiger charge is -2.27. The Morgan fingerprint density at radius 3 is 2.61 bits per heavy atom. The summed E-state index contributed by atoms with van der Waals surface area (Å²) in [5.74, 6) is 0. The van der Waals surface area contributed by atoms with Crippen molar-refractivity contribution in [2.24, 2.45) is 5.73 Å². The summed E-state index contributed by atoms with van der Waals surface area (Å²) in [4.78, 5) is 11.7. The van der Waals surface area contributed by atoms with Gasteiger partial charge in [-0.1, -0.05) is 30.3 Å². The van der Waals surface area contributed by atoms with Crippen LogP contribution in [0.15, 0.2) is 30.3 Å². The van der Waals surface area contributed by atoms with Crippen LogP contribution in [0, 0.1) is 0 Å². The Morgan fingerprint density at radius 1 is 1.33 bits per heavy atom. The molecule has 1 fully saturated rings. The zero-order valence-electron chi connectivity index (χ0n) is 10.6. The van der Waals surface area contributed by atoms with Gasteiger partial charge in [-0.2, -0.15) is 0 Å². The molecular weight excluding hydrogens is 226 g/mol. The number of hydrogen-bond acceptors (Lipinski definition) is 2. The van der Waals surface area contributed by atoms with E-state index in [-0.39, 0.29) is 12.1 Å². The predicted octanol–water partition coefficient (Wildman–Crippen LogP) is 1.41. The molecule has 98 valence electrons. The van der Waals surface area contributed by atoms with E-state index in [2.05, 4.69) is 10.6 Å². The van der Waals surface area contributed by atoms with Crippen LogP contribution in [0.25, 0.3) is 0 Å². The molecule has 0 saturated heterocycles. The number of amides is 2. The first-order valence-corrected chi connectivity index (χ1v) is 6.59. The number of carbonyl (C=O) groups is 1. The van der Waals surface area contributed by atoms with Gasteiger partial charge < -0.3 is 16.4 Å². The van der Waals surface area contributed by atoms with Crippen molar-refractivity contribution in [2.75, 3.05) is 6.54 Å². The first kappa shape index (κ1) is 12.9. The Labute approximate surface area is 108 Å². The highest BCUT2D eigenvalue weighted by molar-refractivity contribution is 5.74. The van der Waals surface area contributed by atoms with Crippen LogP contribution >= 0.6 is 0 Å². The SMILES string of the molecule is NCC(Cc1ccccc1)NC(=O)NC1CCC1. The normalized spacial score (nSPS) is 16.7. The Balaban J connectivity index is 1.79. The summed E-state index contributed by atoms with van der Waals surface area (Å²) in [6.07, 6.45) is 4.18. The van der Waals surface area contributed by atoms with Crippen LogP contribution in [0.2, 0.25) is 0 Å². The molecule has 1 aromatic rings. The third-order valence-corrected chi connectivity index (χ3v) is 3.39. The fourth-order valence-corrected chi connectivity index (χ4v) is 2.06. The summed E-state index contributed by atoms with van der Waals surface area (Å²) in [5, 5.41) is 5.90. The Bertz CT molecular complexity index is 376. The molecule has 0 radical (unpaired) electrons. The average molecular weight is 247 g/mol. The van der Waals surface area contributed by atoms with E-state index in [1.54, 1.807) is 0 Å². The van der Waals surface area contributed by atoms with Crippen molar-refractivity contribution in [1.82, 2.24) is 10.6 Å². The van der Waals surface area contributed by atoms with Crippen molar-refractivity contribution in [3.63, 3.8) is 0 Å². The van der Waals surface area contributed by atoms with Crippen molar-refractivity contribution in [1.29, 1.82) is 0 Å². The maximum atomic E-state index is 11.7. The standard InChI is InChI=1S/C14H21N3O/c15-10-13(9-11-5-2-1-3-6-11)17-14(18)16-12-7-4-8-12/h1-3,5-6,12-13H,4,7-10,15H2,(H2,16,17,18). The molecule has 1 aliphatic rings. The lowest BCUT2D eigenvalue weighted by Crippen LogP contribution is -2.50. The van der Waals surface area contributed by atoms with Gasteiger partial charge >= 0.3 is 6.03 Å². The first-order chi connectivity index (χ1) is 8.78. The minimum Gasteiger partial charge on any atom is -0.335 e. The van der Waals surface area contributed by atoms with E-state index >= 15 is 0 Å². The van der Waals surface area contributed by atoms with Crippen molar-refractivity contribution in [2.45, 2.75) is 37.8 Å². The van der Waals surface area contributed by atoms with Crippen LogP contribution in [-0.2, 0) is 6.42 Å². The van der Waals surface area contributed by atoms with E-state index in [4.69, 9.17) is 5.73 Å². The van der Waals surface area contributed by atoms with Crippen LogP contribution in [0.1, 0.15) is 24.8 Å². The van der Waals surface area contributed by atoms with E-state index in [0.29, 0.717) is 12.6 Å². The minimum atomic E-state index is -0.0916. The lowest BCUT2D eigenvalue weighted by molar-refractivity contribution is 0.224. The second-order valence-corrected chi connectivity index (χ2v) is 4.87. The number of nitrogens with two attached hydrogens (primary N) is 1. The number of nitrogens with one attached hydrogen (secondary N) is 2. The summed E-state index contributed by atoms with van der Waals surface area (Å²) in [6.45, 7) is 0.451. The van der Waals surface area contributed by atoms with Gasteiger partial charge in [0.05, 0.1) is 0 Å². The van der Waals surface area contributed by atoms with Gasteiger partial charge in [0.2, 0.25) is 0 Å². The van der Waals surface area contributed by atoms with Gasteiger partial charge in [-0.05, 0) is 31.2 Å². The van der Waals surface area contributed by atoms with Crippen molar-refractivity contribution >= 4 is 6.03 Å². The molecule has 4 heteroatoms. The fourth-order valence-electron chi connectivity index (χ4n) is 2.06. The maximum absolute atomic E-state index is 11.7. The third kappa shape index (κ3) is 3.74. The smallest absolute Gasteiger partial charge is 0.315 e. The number of carbonyl (C=O) groups excluding carboxylic acids is 1. The van der Waals surface area contributed by atoms with Crippen molar-refractivity contribution < 1.29 is 4.79 Å². The van der Waals surface area contributed by atoms with Crippen LogP contribution in [0.5, 0.6) is 0 Å². The van der Waals surface area contributed by atoms with Gasteiger partial charge in [0.1, 0.15) is 0 Å². The van der Waals surface area contributed by atoms with Crippen LogP contribution in [-0.4, -0.2) is 24.7 Å². The van der Waals surface area contributed by atoms with Crippen LogP contribution in [0.4, 0.5) is 4.79 Å². The largest absolute Gasteiger partial charge is 0.335 e. The average Bonchev–Trinajstić information content (AvgIpc) is 2.34. The van der Waals surface area contributed by atoms with Gasteiger partial charge in [0.25, 0.3) is 0 Å². The number of hydrogen-bond donors (Lipinski definition) is 3. The summed E-state index contributed by atoms with van der Waals surface area (Å²) < 4.78 is 0. The Morgan fingerprint density at radius 2 is 2.06 bits per heavy atom. The molecule has 0 bridgehead atoms. The number of rotatable bonds is 5. The van der Waals surface area contributed by atoms with E-state index in [1.165, 1.54) is 12.0 Å². The van der Waals surface area contributed by atoms with Gasteiger partial charge in [0, 0.05) is 18.6 Å². The highest BCUT2D eigenvalue weighted by Gasteiger charge is 2.20. The Hall–Kier alpha value is -1.55. The first-order valence-electron chi connectivity index (χ1n) is 6.59. The highest BCUT2D eigenvalue weighted by Crippen LogP contribution is 2.17. The molecule has 0 heterocycles. The molecule has 4 N–H and O–H groups in total. The predicted molar refractivity (Wildman–Crippen MR) is 72.3 cm³/mol. The fraction of sp³-hybridized carbons (Fsp3) is 0.500. The van der Waals surface area contributed by atoms with Crippen molar-refractivity contribution in [3.05, 3.63) is 35.9 Å². The van der Waals surface area contributed by atoms with Gasteiger partial charge in [0.15, 0.2) is 0 Å². The zero-order chi connectivity index (χ0) is 12.8. The molecular formula is C14H21N3O. The molecule has 18 heavy (non-hydrogen) atoms. The van der Waals surface area contributed by atoms with Gasteiger partial charge in [-0.15, -0.1) is 0 Å². The summed E-state index contributed by atoms with van der Waals surface area (Å²) in [6, 6.07) is 10.3. The van der Waals surface area contributed by atoms with E-state index in [9.17, 15) is 4.79 Å².